The van der Waals surface area contributed by atoms with Gasteiger partial charge in [0.25, 0.3) is 0 Å². The molecule has 0 aliphatic rings. The average molecular weight is 328 g/mol. The van der Waals surface area contributed by atoms with E-state index in [0.29, 0.717) is 0 Å². The molecule has 0 unspecified atom stereocenters. The number of rotatable bonds is 6. The van der Waals surface area contributed by atoms with Gasteiger partial charge in [0.2, 0.25) is 0 Å². The summed E-state index contributed by atoms with van der Waals surface area (Å²) in [7, 11) is -1.85. The van der Waals surface area contributed by atoms with Gasteiger partial charge < -0.3 is 0 Å². The van der Waals surface area contributed by atoms with E-state index in [4.69, 9.17) is 0 Å². The van der Waals surface area contributed by atoms with E-state index in [1.165, 1.54) is 0 Å². The Bertz CT molecular complexity index is 364. The zero-order valence-corrected chi connectivity index (χ0v) is 16.7. The van der Waals surface area contributed by atoms with E-state index in [-0.39, 0.29) is 52.1 Å². The summed E-state index contributed by atoms with van der Waals surface area (Å²) in [6.07, 6.45) is 0.847. The second-order valence-corrected chi connectivity index (χ2v) is 11.9. The molecule has 0 amide bonds. The lowest BCUT2D eigenvalue weighted by molar-refractivity contribution is -0.118. The highest BCUT2D eigenvalue weighted by molar-refractivity contribution is 8.01. The minimum atomic E-state index is -1.85. The topological polar surface area (TPSA) is 51.2 Å². The third-order valence-corrected chi connectivity index (χ3v) is 4.76. The fourth-order valence-electron chi connectivity index (χ4n) is 2.02. The number of carbonyl (C=O) groups is 3. The fourth-order valence-corrected chi connectivity index (χ4v) is 4.75. The first kappa shape index (κ1) is 21.4. The molecule has 0 aromatic rings. The number of carbonyl (C=O) groups excluding carboxylic acids is 3. The van der Waals surface area contributed by atoms with Crippen LogP contribution in [0.2, 0.25) is 0 Å². The molecule has 22 heavy (non-hydrogen) atoms. The standard InChI is InChI=1S/C18H33O3P/c1-16(2,3)10-13(19)22(14(20)11-17(4,5)6)15(21)12-18(7,8)9/h10-12H2,1-9H3. The normalized spacial score (nSPS) is 13.4. The van der Waals surface area contributed by atoms with Gasteiger partial charge in [0, 0.05) is 19.3 Å². The monoisotopic (exact) mass is 328 g/mol. The van der Waals surface area contributed by atoms with E-state index in [9.17, 15) is 14.4 Å². The summed E-state index contributed by atoms with van der Waals surface area (Å²) in [5.74, 6) is 0. The summed E-state index contributed by atoms with van der Waals surface area (Å²) in [4.78, 5) is 37.8. The predicted octanol–water partition coefficient (Wildman–Crippen LogP) is 5.36. The van der Waals surface area contributed by atoms with Crippen LogP contribution in [0.15, 0.2) is 0 Å². The van der Waals surface area contributed by atoms with E-state index in [0.717, 1.165) is 0 Å². The van der Waals surface area contributed by atoms with Crippen LogP contribution in [-0.2, 0) is 14.4 Å². The van der Waals surface area contributed by atoms with Crippen LogP contribution >= 0.6 is 7.92 Å². The number of hydrogen-bond donors (Lipinski definition) is 0. The van der Waals surface area contributed by atoms with E-state index >= 15 is 0 Å². The fraction of sp³-hybridized carbons (Fsp3) is 0.833. The van der Waals surface area contributed by atoms with Crippen LogP contribution < -0.4 is 0 Å². The first-order valence-electron chi connectivity index (χ1n) is 7.90. The second kappa shape index (κ2) is 7.34. The maximum atomic E-state index is 12.6. The molecule has 0 atom stereocenters. The van der Waals surface area contributed by atoms with Gasteiger partial charge >= 0.3 is 0 Å². The SMILES string of the molecule is CC(C)(C)CC(=O)P(C(=O)CC(C)(C)C)C(=O)CC(C)(C)C. The molecule has 0 aliphatic heterocycles. The first-order valence-corrected chi connectivity index (χ1v) is 9.25. The van der Waals surface area contributed by atoms with Crippen LogP contribution in [0, 0.1) is 16.2 Å². The van der Waals surface area contributed by atoms with Crippen molar-refractivity contribution in [3.05, 3.63) is 0 Å². The van der Waals surface area contributed by atoms with Crippen molar-refractivity contribution in [2.45, 2.75) is 81.6 Å². The molecule has 0 spiro atoms. The highest BCUT2D eigenvalue weighted by atomic mass is 31.1. The third kappa shape index (κ3) is 9.46. The van der Waals surface area contributed by atoms with E-state index in [2.05, 4.69) is 0 Å². The molecule has 0 radical (unpaired) electrons. The lowest BCUT2D eigenvalue weighted by Gasteiger charge is -2.25. The summed E-state index contributed by atoms with van der Waals surface area (Å²) < 4.78 is 0. The minimum Gasteiger partial charge on any atom is -0.294 e. The van der Waals surface area contributed by atoms with Crippen molar-refractivity contribution in [3.63, 3.8) is 0 Å². The van der Waals surface area contributed by atoms with Crippen molar-refractivity contribution in [2.75, 3.05) is 0 Å². The largest absolute Gasteiger partial charge is 0.294 e. The molecule has 0 saturated heterocycles. The molecule has 4 heteroatoms. The summed E-state index contributed by atoms with van der Waals surface area (Å²) in [5.41, 5.74) is -1.10. The van der Waals surface area contributed by atoms with Crippen LogP contribution in [0.1, 0.15) is 81.6 Å². The maximum Gasteiger partial charge on any atom is 0.170 e. The van der Waals surface area contributed by atoms with Crippen LogP contribution in [-0.4, -0.2) is 16.6 Å². The van der Waals surface area contributed by atoms with Crippen molar-refractivity contribution in [1.29, 1.82) is 0 Å². The van der Waals surface area contributed by atoms with Crippen molar-refractivity contribution in [2.24, 2.45) is 16.2 Å². The van der Waals surface area contributed by atoms with Crippen molar-refractivity contribution in [3.8, 4) is 0 Å². The van der Waals surface area contributed by atoms with Crippen LogP contribution in [0.5, 0.6) is 0 Å². The molecular formula is C18H33O3P. The molecule has 0 saturated carbocycles. The Hall–Kier alpha value is -0.560. The minimum absolute atomic E-state index is 0.161. The molecule has 3 nitrogen and oxygen atoms in total. The predicted molar refractivity (Wildman–Crippen MR) is 94.2 cm³/mol. The Labute approximate surface area is 137 Å². The van der Waals surface area contributed by atoms with E-state index in [1.54, 1.807) is 0 Å². The zero-order valence-electron chi connectivity index (χ0n) is 15.8. The maximum absolute atomic E-state index is 12.6. The third-order valence-electron chi connectivity index (χ3n) is 2.79. The molecule has 0 aliphatic carbocycles. The average Bonchev–Trinajstić information content (AvgIpc) is 2.06. The van der Waals surface area contributed by atoms with Crippen LogP contribution in [0.25, 0.3) is 0 Å². The summed E-state index contributed by atoms with van der Waals surface area (Å²) in [6.45, 7) is 17.6. The molecular weight excluding hydrogens is 295 g/mol. The van der Waals surface area contributed by atoms with E-state index < -0.39 is 7.92 Å². The summed E-state index contributed by atoms with van der Waals surface area (Å²) >= 11 is 0. The smallest absolute Gasteiger partial charge is 0.170 e. The van der Waals surface area contributed by atoms with Gasteiger partial charge in [-0.2, -0.15) is 0 Å². The Morgan fingerprint density at radius 1 is 0.545 bits per heavy atom. The lowest BCUT2D eigenvalue weighted by atomic mass is 9.93. The van der Waals surface area contributed by atoms with Gasteiger partial charge in [0.1, 0.15) is 7.92 Å². The van der Waals surface area contributed by atoms with Gasteiger partial charge in [0.05, 0.1) is 0 Å². The van der Waals surface area contributed by atoms with Crippen molar-refractivity contribution >= 4 is 24.5 Å². The molecule has 0 aromatic carbocycles. The molecule has 0 fully saturated rings. The quantitative estimate of drug-likeness (QED) is 0.617. The van der Waals surface area contributed by atoms with Crippen molar-refractivity contribution < 1.29 is 14.4 Å². The van der Waals surface area contributed by atoms with Gasteiger partial charge in [-0.15, -0.1) is 0 Å². The number of hydrogen-bond acceptors (Lipinski definition) is 3. The van der Waals surface area contributed by atoms with Crippen LogP contribution in [0.4, 0.5) is 0 Å². The highest BCUT2D eigenvalue weighted by Gasteiger charge is 2.37. The molecule has 128 valence electrons. The molecule has 0 rings (SSSR count). The molecule has 0 bridgehead atoms. The van der Waals surface area contributed by atoms with Gasteiger partial charge in [-0.05, 0) is 16.2 Å². The van der Waals surface area contributed by atoms with Crippen LogP contribution in [0.3, 0.4) is 0 Å². The molecule has 0 N–H and O–H groups in total. The summed E-state index contributed by atoms with van der Waals surface area (Å²) in [6, 6.07) is 0. The first-order chi connectivity index (χ1) is 9.52. The van der Waals surface area contributed by atoms with Gasteiger partial charge in [0.15, 0.2) is 16.6 Å². The van der Waals surface area contributed by atoms with Crippen molar-refractivity contribution in [1.82, 2.24) is 0 Å². The Balaban J connectivity index is 5.36. The summed E-state index contributed by atoms with van der Waals surface area (Å²) in [5, 5.41) is 0. The lowest BCUT2D eigenvalue weighted by Crippen LogP contribution is -2.23. The van der Waals surface area contributed by atoms with Gasteiger partial charge in [-0.3, -0.25) is 14.4 Å². The zero-order chi connectivity index (χ0) is 17.9. The van der Waals surface area contributed by atoms with E-state index in [1.807, 2.05) is 62.3 Å². The molecule has 0 heterocycles. The highest BCUT2D eigenvalue weighted by Crippen LogP contribution is 2.48. The Morgan fingerprint density at radius 3 is 0.864 bits per heavy atom. The Kier molecular flexibility index (Phi) is 7.15. The van der Waals surface area contributed by atoms with Gasteiger partial charge in [-0.25, -0.2) is 0 Å². The van der Waals surface area contributed by atoms with Gasteiger partial charge in [-0.1, -0.05) is 62.3 Å². The molecule has 0 aromatic heterocycles. The second-order valence-electron chi connectivity index (χ2n) is 9.73. The Morgan fingerprint density at radius 2 is 0.727 bits per heavy atom.